The molecule has 26 heavy (non-hydrogen) atoms. The van der Waals surface area contributed by atoms with E-state index in [1.165, 1.54) is 16.4 Å². The molecule has 2 aliphatic rings. The minimum atomic E-state index is -3.67. The van der Waals surface area contributed by atoms with Crippen molar-refractivity contribution >= 4 is 15.9 Å². The summed E-state index contributed by atoms with van der Waals surface area (Å²) in [4.78, 5) is 12.4. The van der Waals surface area contributed by atoms with Crippen LogP contribution in [0.15, 0.2) is 23.1 Å². The second-order valence-corrected chi connectivity index (χ2v) is 8.87. The minimum absolute atomic E-state index is 0.0319. The number of piperidine rings is 1. The summed E-state index contributed by atoms with van der Waals surface area (Å²) in [5, 5.41) is 2.92. The molecule has 1 atom stereocenters. The van der Waals surface area contributed by atoms with Crippen molar-refractivity contribution in [3.63, 3.8) is 0 Å². The third-order valence-electron chi connectivity index (χ3n) is 5.11. The topological polar surface area (TPSA) is 75.7 Å². The van der Waals surface area contributed by atoms with Crippen molar-refractivity contribution in [1.29, 1.82) is 0 Å². The molecule has 3 rings (SSSR count). The summed E-state index contributed by atoms with van der Waals surface area (Å²) >= 11 is 0. The molecule has 0 saturated carbocycles. The van der Waals surface area contributed by atoms with E-state index >= 15 is 0 Å². The smallest absolute Gasteiger partial charge is 0.243 e. The summed E-state index contributed by atoms with van der Waals surface area (Å²) in [6.07, 6.45) is 3.06. The van der Waals surface area contributed by atoms with Crippen LogP contribution in [0.3, 0.4) is 0 Å². The van der Waals surface area contributed by atoms with Crippen LogP contribution in [0, 0.1) is 18.7 Å². The molecule has 2 aliphatic heterocycles. The molecule has 2 fully saturated rings. The van der Waals surface area contributed by atoms with Gasteiger partial charge in [-0.3, -0.25) is 4.79 Å². The summed E-state index contributed by atoms with van der Waals surface area (Å²) in [5.74, 6) is -0.671. The zero-order valence-electron chi connectivity index (χ0n) is 14.9. The monoisotopic (exact) mass is 384 g/mol. The quantitative estimate of drug-likeness (QED) is 0.840. The molecule has 1 N–H and O–H groups in total. The molecule has 0 aliphatic carbocycles. The van der Waals surface area contributed by atoms with Gasteiger partial charge in [0.2, 0.25) is 15.9 Å². The van der Waals surface area contributed by atoms with Crippen LogP contribution in [0.5, 0.6) is 0 Å². The summed E-state index contributed by atoms with van der Waals surface area (Å²) in [6.45, 7) is 3.43. The summed E-state index contributed by atoms with van der Waals surface area (Å²) in [7, 11) is -3.67. The van der Waals surface area contributed by atoms with Gasteiger partial charge in [-0.15, -0.1) is 0 Å². The lowest BCUT2D eigenvalue weighted by molar-refractivity contribution is -0.126. The van der Waals surface area contributed by atoms with Crippen LogP contribution in [0.1, 0.15) is 31.2 Å². The molecule has 6 nitrogen and oxygen atoms in total. The molecule has 8 heteroatoms. The average Bonchev–Trinajstić information content (AvgIpc) is 3.13. The van der Waals surface area contributed by atoms with E-state index in [1.54, 1.807) is 6.92 Å². The Balaban J connectivity index is 1.56. The van der Waals surface area contributed by atoms with Crippen LogP contribution >= 0.6 is 0 Å². The van der Waals surface area contributed by atoms with Gasteiger partial charge < -0.3 is 10.1 Å². The van der Waals surface area contributed by atoms with E-state index in [-0.39, 0.29) is 35.9 Å². The van der Waals surface area contributed by atoms with Crippen molar-refractivity contribution in [2.75, 3.05) is 26.2 Å². The summed E-state index contributed by atoms with van der Waals surface area (Å²) in [6, 6.07) is 3.68. The Morgan fingerprint density at radius 1 is 1.31 bits per heavy atom. The van der Waals surface area contributed by atoms with Gasteiger partial charge in [-0.25, -0.2) is 12.8 Å². The maximum absolute atomic E-state index is 13.2. The fraction of sp³-hybridized carbons (Fsp3) is 0.611. The van der Waals surface area contributed by atoms with Crippen LogP contribution in [0.2, 0.25) is 0 Å². The Kier molecular flexibility index (Phi) is 5.94. The zero-order chi connectivity index (χ0) is 18.7. The van der Waals surface area contributed by atoms with E-state index in [0.29, 0.717) is 24.9 Å². The Morgan fingerprint density at radius 3 is 2.65 bits per heavy atom. The Morgan fingerprint density at radius 2 is 2.04 bits per heavy atom. The Hall–Kier alpha value is -1.51. The molecule has 144 valence electrons. The van der Waals surface area contributed by atoms with Crippen molar-refractivity contribution in [2.45, 2.75) is 43.6 Å². The molecule has 0 radical (unpaired) electrons. The highest BCUT2D eigenvalue weighted by atomic mass is 32.2. The van der Waals surface area contributed by atoms with Crippen LogP contribution in [-0.4, -0.2) is 51.0 Å². The molecule has 1 aromatic carbocycles. The normalized spacial score (nSPS) is 22.5. The van der Waals surface area contributed by atoms with Crippen molar-refractivity contribution < 1.29 is 22.3 Å². The predicted octanol–water partition coefficient (Wildman–Crippen LogP) is 1.83. The minimum Gasteiger partial charge on any atom is -0.376 e. The van der Waals surface area contributed by atoms with Gasteiger partial charge in [-0.2, -0.15) is 4.31 Å². The van der Waals surface area contributed by atoms with E-state index in [9.17, 15) is 17.6 Å². The standard InChI is InChI=1S/C18H25FN2O4S/c1-13-11-15(19)4-5-17(13)26(23,24)21-8-6-14(7-9-21)18(22)20-12-16-3-2-10-25-16/h4-5,11,14,16H,2-3,6-10,12H2,1H3,(H,20,22). The number of sulfonamides is 1. The maximum atomic E-state index is 13.2. The van der Waals surface area contributed by atoms with Gasteiger partial charge in [-0.1, -0.05) is 0 Å². The lowest BCUT2D eigenvalue weighted by atomic mass is 9.97. The molecule has 0 bridgehead atoms. The van der Waals surface area contributed by atoms with Gasteiger partial charge >= 0.3 is 0 Å². The molecule has 2 saturated heterocycles. The summed E-state index contributed by atoms with van der Waals surface area (Å²) < 4.78 is 45.7. The van der Waals surface area contributed by atoms with E-state index in [4.69, 9.17) is 4.74 Å². The number of amides is 1. The van der Waals surface area contributed by atoms with Gasteiger partial charge in [-0.05, 0) is 56.4 Å². The van der Waals surface area contributed by atoms with Crippen molar-refractivity contribution in [1.82, 2.24) is 9.62 Å². The largest absolute Gasteiger partial charge is 0.376 e. The first-order valence-electron chi connectivity index (χ1n) is 9.03. The zero-order valence-corrected chi connectivity index (χ0v) is 15.7. The fourth-order valence-corrected chi connectivity index (χ4v) is 5.24. The van der Waals surface area contributed by atoms with Crippen molar-refractivity contribution in [2.24, 2.45) is 5.92 Å². The number of hydrogen-bond acceptors (Lipinski definition) is 4. The van der Waals surface area contributed by atoms with Gasteiger partial charge in [0.1, 0.15) is 5.82 Å². The number of halogens is 1. The molecule has 1 amide bonds. The Labute approximate surface area is 153 Å². The van der Waals surface area contributed by atoms with Crippen LogP contribution in [0.4, 0.5) is 4.39 Å². The van der Waals surface area contributed by atoms with Gasteiger partial charge in [0.05, 0.1) is 11.0 Å². The molecule has 1 aromatic rings. The van der Waals surface area contributed by atoms with Crippen LogP contribution in [0.25, 0.3) is 0 Å². The SMILES string of the molecule is Cc1cc(F)ccc1S(=O)(=O)N1CCC(C(=O)NCC2CCCO2)CC1. The highest BCUT2D eigenvalue weighted by molar-refractivity contribution is 7.89. The highest BCUT2D eigenvalue weighted by Gasteiger charge is 2.33. The summed E-state index contributed by atoms with van der Waals surface area (Å²) in [5.41, 5.74) is 0.390. The lowest BCUT2D eigenvalue weighted by Gasteiger charge is -2.31. The predicted molar refractivity (Wildman–Crippen MR) is 94.6 cm³/mol. The molecule has 0 spiro atoms. The first-order valence-corrected chi connectivity index (χ1v) is 10.5. The number of hydrogen-bond donors (Lipinski definition) is 1. The number of nitrogens with zero attached hydrogens (tertiary/aromatic N) is 1. The molecular weight excluding hydrogens is 359 g/mol. The van der Waals surface area contributed by atoms with E-state index in [0.717, 1.165) is 25.5 Å². The van der Waals surface area contributed by atoms with Gasteiger partial charge in [0.25, 0.3) is 0 Å². The molecule has 1 unspecified atom stereocenters. The van der Waals surface area contributed by atoms with E-state index in [2.05, 4.69) is 5.32 Å². The fourth-order valence-electron chi connectivity index (χ4n) is 3.56. The van der Waals surface area contributed by atoms with Crippen LogP contribution in [-0.2, 0) is 19.6 Å². The number of ether oxygens (including phenoxy) is 1. The van der Waals surface area contributed by atoms with E-state index in [1.807, 2.05) is 0 Å². The lowest BCUT2D eigenvalue weighted by Crippen LogP contribution is -2.44. The first kappa shape index (κ1) is 19.3. The first-order chi connectivity index (χ1) is 12.4. The maximum Gasteiger partial charge on any atom is 0.243 e. The Bertz CT molecular complexity index is 754. The third kappa shape index (κ3) is 4.24. The van der Waals surface area contributed by atoms with E-state index < -0.39 is 15.8 Å². The number of benzene rings is 1. The second-order valence-electron chi connectivity index (χ2n) is 6.97. The average molecular weight is 384 g/mol. The number of aryl methyl sites for hydroxylation is 1. The molecular formula is C18H25FN2O4S. The molecule has 0 aromatic heterocycles. The molecule has 2 heterocycles. The van der Waals surface area contributed by atoms with Gasteiger partial charge in [0.15, 0.2) is 0 Å². The van der Waals surface area contributed by atoms with Crippen LogP contribution < -0.4 is 5.32 Å². The number of carbonyl (C=O) groups is 1. The highest BCUT2D eigenvalue weighted by Crippen LogP contribution is 2.26. The van der Waals surface area contributed by atoms with Crippen molar-refractivity contribution in [3.05, 3.63) is 29.6 Å². The second kappa shape index (κ2) is 8.02. The third-order valence-corrected chi connectivity index (χ3v) is 7.17. The number of carbonyl (C=O) groups excluding carboxylic acids is 1. The van der Waals surface area contributed by atoms with Gasteiger partial charge in [0, 0.05) is 32.2 Å². The van der Waals surface area contributed by atoms with Crippen molar-refractivity contribution in [3.8, 4) is 0 Å². The number of rotatable bonds is 5. The number of nitrogens with one attached hydrogen (secondary N) is 1.